The Hall–Kier alpha value is -2.41. The number of imidazole rings is 1. The molecule has 0 bridgehead atoms. The van der Waals surface area contributed by atoms with E-state index in [0.717, 1.165) is 45.6 Å². The van der Waals surface area contributed by atoms with E-state index in [1.165, 1.54) is 0 Å². The summed E-state index contributed by atoms with van der Waals surface area (Å²) in [6.07, 6.45) is 4.00. The molecule has 28 heavy (non-hydrogen) atoms. The molecule has 0 spiro atoms. The first-order valence-electron chi connectivity index (χ1n) is 10.4. The molecule has 0 aliphatic carbocycles. The van der Waals surface area contributed by atoms with E-state index in [0.29, 0.717) is 36.0 Å². The van der Waals surface area contributed by atoms with Crippen LogP contribution in [0, 0.1) is 5.92 Å². The predicted octanol–water partition coefficient (Wildman–Crippen LogP) is 1.98. The zero-order chi connectivity index (χ0) is 19.7. The Morgan fingerprint density at radius 3 is 2.57 bits per heavy atom. The van der Waals surface area contributed by atoms with Gasteiger partial charge in [0.2, 0.25) is 5.82 Å². The number of piperidine rings is 1. The maximum Gasteiger partial charge on any atom is 0.290 e. The van der Waals surface area contributed by atoms with Crippen LogP contribution in [-0.4, -0.2) is 81.7 Å². The summed E-state index contributed by atoms with van der Waals surface area (Å²) in [7, 11) is 0. The Morgan fingerprint density at radius 1 is 1.07 bits per heavy atom. The minimum absolute atomic E-state index is 0.0782. The lowest BCUT2D eigenvalue weighted by atomic mass is 10.0. The highest BCUT2D eigenvalue weighted by molar-refractivity contribution is 6.02. The fraction of sp³-hybridized carbons (Fsp3) is 0.571. The Morgan fingerprint density at radius 2 is 1.86 bits per heavy atom. The van der Waals surface area contributed by atoms with E-state index in [1.54, 1.807) is 4.40 Å². The summed E-state index contributed by atoms with van der Waals surface area (Å²) in [5.41, 5.74) is 1.10. The molecule has 7 heteroatoms. The number of hydrogen-bond donors (Lipinski definition) is 0. The van der Waals surface area contributed by atoms with Crippen LogP contribution in [0.25, 0.3) is 5.52 Å². The van der Waals surface area contributed by atoms with Crippen molar-refractivity contribution in [1.29, 1.82) is 0 Å². The predicted molar refractivity (Wildman–Crippen MR) is 108 cm³/mol. The van der Waals surface area contributed by atoms with Crippen LogP contribution in [0.3, 0.4) is 0 Å². The molecule has 0 N–H and O–H groups in total. The van der Waals surface area contributed by atoms with Gasteiger partial charge in [0, 0.05) is 45.5 Å². The molecule has 2 aromatic heterocycles. The molecule has 2 aromatic rings. The second-order valence-corrected chi connectivity index (χ2v) is 7.96. The van der Waals surface area contributed by atoms with Crippen molar-refractivity contribution >= 4 is 17.3 Å². The highest BCUT2D eigenvalue weighted by Crippen LogP contribution is 2.21. The Bertz CT molecular complexity index is 869. The Balaban J connectivity index is 1.63. The maximum atomic E-state index is 13.2. The standard InChI is InChI=1S/C21H29N5O2/c1-3-23-11-13-24(14-12-23)20(27)18-17-8-4-5-10-26(17)19(22-18)21(28)25-9-6-7-16(2)15-25/h4-5,8,10,16H,3,6-7,9,11-15H2,1-2H3. The van der Waals surface area contributed by atoms with E-state index in [1.807, 2.05) is 34.2 Å². The monoisotopic (exact) mass is 383 g/mol. The number of aromatic nitrogens is 2. The summed E-state index contributed by atoms with van der Waals surface area (Å²) in [6, 6.07) is 5.64. The van der Waals surface area contributed by atoms with Crippen molar-refractivity contribution < 1.29 is 9.59 Å². The third-order valence-corrected chi connectivity index (χ3v) is 5.99. The summed E-state index contributed by atoms with van der Waals surface area (Å²) in [5, 5.41) is 0. The van der Waals surface area contributed by atoms with Crippen molar-refractivity contribution in [3.8, 4) is 0 Å². The minimum Gasteiger partial charge on any atom is -0.336 e. The average Bonchev–Trinajstić information content (AvgIpc) is 3.12. The molecule has 1 atom stereocenters. The van der Waals surface area contributed by atoms with Crippen LogP contribution in [0.1, 0.15) is 47.8 Å². The fourth-order valence-electron chi connectivity index (χ4n) is 4.28. The maximum absolute atomic E-state index is 13.2. The van der Waals surface area contributed by atoms with Gasteiger partial charge < -0.3 is 14.7 Å². The summed E-state index contributed by atoms with van der Waals surface area (Å²) >= 11 is 0. The lowest BCUT2D eigenvalue weighted by Gasteiger charge is -2.33. The number of carbonyl (C=O) groups excluding carboxylic acids is 2. The number of hydrogen-bond acceptors (Lipinski definition) is 4. The van der Waals surface area contributed by atoms with E-state index in [9.17, 15) is 9.59 Å². The van der Waals surface area contributed by atoms with Crippen molar-refractivity contribution in [2.24, 2.45) is 5.92 Å². The van der Waals surface area contributed by atoms with Crippen LogP contribution in [0.5, 0.6) is 0 Å². The summed E-state index contributed by atoms with van der Waals surface area (Å²) < 4.78 is 1.77. The third kappa shape index (κ3) is 3.51. The van der Waals surface area contributed by atoms with E-state index in [2.05, 4.69) is 23.7 Å². The molecule has 4 heterocycles. The summed E-state index contributed by atoms with van der Waals surface area (Å²) in [6.45, 7) is 9.99. The number of pyridine rings is 1. The molecule has 0 aromatic carbocycles. The van der Waals surface area contributed by atoms with Crippen molar-refractivity contribution in [1.82, 2.24) is 24.1 Å². The minimum atomic E-state index is -0.0809. The van der Waals surface area contributed by atoms with Crippen LogP contribution in [0.2, 0.25) is 0 Å². The van der Waals surface area contributed by atoms with Gasteiger partial charge in [-0.3, -0.25) is 14.0 Å². The van der Waals surface area contributed by atoms with Crippen molar-refractivity contribution in [2.45, 2.75) is 26.7 Å². The molecule has 2 aliphatic rings. The van der Waals surface area contributed by atoms with Gasteiger partial charge in [0.05, 0.1) is 5.52 Å². The molecule has 0 radical (unpaired) electrons. The molecule has 7 nitrogen and oxygen atoms in total. The molecule has 2 amide bonds. The first kappa shape index (κ1) is 18.9. The van der Waals surface area contributed by atoms with Crippen LogP contribution in [0.15, 0.2) is 24.4 Å². The van der Waals surface area contributed by atoms with Gasteiger partial charge in [-0.25, -0.2) is 4.98 Å². The van der Waals surface area contributed by atoms with Gasteiger partial charge >= 0.3 is 0 Å². The fourth-order valence-corrected chi connectivity index (χ4v) is 4.28. The topological polar surface area (TPSA) is 61.2 Å². The first-order valence-corrected chi connectivity index (χ1v) is 10.4. The van der Waals surface area contributed by atoms with Gasteiger partial charge in [0.15, 0.2) is 5.69 Å². The normalized spacial score (nSPS) is 21.3. The molecular weight excluding hydrogens is 354 g/mol. The zero-order valence-corrected chi connectivity index (χ0v) is 16.8. The molecular formula is C21H29N5O2. The number of rotatable bonds is 3. The van der Waals surface area contributed by atoms with Crippen molar-refractivity contribution in [3.05, 3.63) is 35.9 Å². The lowest BCUT2D eigenvalue weighted by Crippen LogP contribution is -2.48. The molecule has 150 valence electrons. The number of piperazine rings is 1. The summed E-state index contributed by atoms with van der Waals surface area (Å²) in [5.74, 6) is 0.688. The molecule has 0 saturated carbocycles. The first-order chi connectivity index (χ1) is 13.6. The zero-order valence-electron chi connectivity index (χ0n) is 16.8. The Kier molecular flexibility index (Phi) is 5.35. The highest BCUT2D eigenvalue weighted by atomic mass is 16.2. The van der Waals surface area contributed by atoms with Crippen LogP contribution in [-0.2, 0) is 0 Å². The second-order valence-electron chi connectivity index (χ2n) is 7.96. The van der Waals surface area contributed by atoms with Crippen molar-refractivity contribution in [2.75, 3.05) is 45.8 Å². The Labute approximate surface area is 165 Å². The van der Waals surface area contributed by atoms with Crippen LogP contribution in [0.4, 0.5) is 0 Å². The van der Waals surface area contributed by atoms with E-state index >= 15 is 0 Å². The lowest BCUT2D eigenvalue weighted by molar-refractivity contribution is 0.0639. The van der Waals surface area contributed by atoms with Crippen molar-refractivity contribution in [3.63, 3.8) is 0 Å². The van der Waals surface area contributed by atoms with E-state index in [4.69, 9.17) is 0 Å². The van der Waals surface area contributed by atoms with Gasteiger partial charge in [0.25, 0.3) is 11.8 Å². The van der Waals surface area contributed by atoms with Gasteiger partial charge in [-0.15, -0.1) is 0 Å². The van der Waals surface area contributed by atoms with Gasteiger partial charge in [-0.05, 0) is 37.4 Å². The van der Waals surface area contributed by atoms with Gasteiger partial charge in [0.1, 0.15) is 0 Å². The average molecular weight is 383 g/mol. The number of amides is 2. The van der Waals surface area contributed by atoms with E-state index < -0.39 is 0 Å². The number of likely N-dealkylation sites (tertiary alicyclic amines) is 1. The molecule has 2 saturated heterocycles. The van der Waals surface area contributed by atoms with Gasteiger partial charge in [-0.2, -0.15) is 0 Å². The SMILES string of the molecule is CCN1CCN(C(=O)c2nc(C(=O)N3CCCC(C)C3)n3ccccc23)CC1. The quantitative estimate of drug-likeness (QED) is 0.813. The van der Waals surface area contributed by atoms with E-state index in [-0.39, 0.29) is 11.8 Å². The highest BCUT2D eigenvalue weighted by Gasteiger charge is 2.30. The number of nitrogens with zero attached hydrogens (tertiary/aromatic N) is 5. The van der Waals surface area contributed by atoms with Gasteiger partial charge in [-0.1, -0.05) is 19.9 Å². The van der Waals surface area contributed by atoms with Crippen LogP contribution < -0.4 is 0 Å². The number of likely N-dealkylation sites (N-methyl/N-ethyl adjacent to an activating group) is 1. The smallest absolute Gasteiger partial charge is 0.290 e. The second kappa shape index (κ2) is 7.91. The number of carbonyl (C=O) groups is 2. The number of fused-ring (bicyclic) bond motifs is 1. The summed E-state index contributed by atoms with van der Waals surface area (Å²) in [4.78, 5) is 37.0. The van der Waals surface area contributed by atoms with Crippen LogP contribution >= 0.6 is 0 Å². The molecule has 2 aliphatic heterocycles. The molecule has 2 fully saturated rings. The largest absolute Gasteiger partial charge is 0.336 e. The third-order valence-electron chi connectivity index (χ3n) is 5.99. The molecule has 1 unspecified atom stereocenters. The molecule has 4 rings (SSSR count).